The number of rotatable bonds is 0. The van der Waals surface area contributed by atoms with Gasteiger partial charge in [-0.3, -0.25) is 0 Å². The van der Waals surface area contributed by atoms with Crippen molar-refractivity contribution in [3.8, 4) is 0 Å². The van der Waals surface area contributed by atoms with Gasteiger partial charge in [0.15, 0.2) is 0 Å². The first-order valence-electron chi connectivity index (χ1n) is 3.57. The average Bonchev–Trinajstić information content (AvgIpc) is 1.78. The Hall–Kier alpha value is -0.0800. The summed E-state index contributed by atoms with van der Waals surface area (Å²) in [6.07, 6.45) is 0.498. The predicted molar refractivity (Wildman–Crippen MR) is 39.2 cm³/mol. The summed E-state index contributed by atoms with van der Waals surface area (Å²) in [6.45, 7) is 8.93. The van der Waals surface area contributed by atoms with Crippen LogP contribution >= 0.6 is 0 Å². The molecule has 0 aromatic rings. The molecule has 1 rings (SSSR count). The fourth-order valence-corrected chi connectivity index (χ4v) is 0.993. The van der Waals surface area contributed by atoms with E-state index in [-0.39, 0.29) is 0 Å². The van der Waals surface area contributed by atoms with Crippen molar-refractivity contribution in [2.45, 2.75) is 26.9 Å². The number of hydrogen-bond acceptors (Lipinski definition) is 2. The maximum Gasteiger partial charge on any atom is 0.0542 e. The van der Waals surface area contributed by atoms with Gasteiger partial charge in [0.25, 0.3) is 0 Å². The van der Waals surface area contributed by atoms with Crippen molar-refractivity contribution in [2.24, 2.45) is 5.41 Å². The van der Waals surface area contributed by atoms with Crippen LogP contribution in [0.15, 0.2) is 0 Å². The summed E-state index contributed by atoms with van der Waals surface area (Å²) in [5.41, 5.74) is 0.437. The van der Waals surface area contributed by atoms with E-state index in [1.54, 1.807) is 0 Å². The first-order chi connectivity index (χ1) is 4.10. The maximum atomic E-state index is 3.36. The lowest BCUT2D eigenvalue weighted by Crippen LogP contribution is -2.54. The van der Waals surface area contributed by atoms with Crippen LogP contribution in [0.5, 0.6) is 0 Å². The van der Waals surface area contributed by atoms with E-state index in [9.17, 15) is 0 Å². The molecule has 0 aromatic heterocycles. The lowest BCUT2D eigenvalue weighted by atomic mass is 9.91. The Morgan fingerprint density at radius 2 is 1.67 bits per heavy atom. The van der Waals surface area contributed by atoms with Gasteiger partial charge in [-0.15, -0.1) is 0 Å². The zero-order valence-corrected chi connectivity index (χ0v) is 6.49. The van der Waals surface area contributed by atoms with Crippen LogP contribution in [-0.4, -0.2) is 19.3 Å². The molecule has 0 radical (unpaired) electrons. The second-order valence-electron chi connectivity index (χ2n) is 3.65. The molecule has 0 atom stereocenters. The highest BCUT2D eigenvalue weighted by molar-refractivity contribution is 4.81. The summed E-state index contributed by atoms with van der Waals surface area (Å²) in [5, 5.41) is 6.72. The average molecular weight is 128 g/mol. The van der Waals surface area contributed by atoms with Crippen LogP contribution in [0.25, 0.3) is 0 Å². The fraction of sp³-hybridized carbons (Fsp3) is 1.00. The van der Waals surface area contributed by atoms with Gasteiger partial charge in [0.1, 0.15) is 0 Å². The highest BCUT2D eigenvalue weighted by Crippen LogP contribution is 2.14. The van der Waals surface area contributed by atoms with Crippen LogP contribution in [-0.2, 0) is 0 Å². The van der Waals surface area contributed by atoms with E-state index in [0.29, 0.717) is 11.6 Å². The zero-order chi connectivity index (χ0) is 6.91. The van der Waals surface area contributed by atoms with Crippen LogP contribution < -0.4 is 10.6 Å². The monoisotopic (exact) mass is 128 g/mol. The van der Waals surface area contributed by atoms with Gasteiger partial charge >= 0.3 is 0 Å². The molecule has 1 fully saturated rings. The van der Waals surface area contributed by atoms with E-state index in [2.05, 4.69) is 31.4 Å². The molecule has 0 unspecified atom stereocenters. The molecule has 1 heterocycles. The van der Waals surface area contributed by atoms with Gasteiger partial charge in [0.2, 0.25) is 0 Å². The van der Waals surface area contributed by atoms with Gasteiger partial charge in [-0.2, -0.15) is 0 Å². The Morgan fingerprint density at radius 3 is 2.00 bits per heavy atom. The van der Waals surface area contributed by atoms with Crippen LogP contribution in [0.3, 0.4) is 0 Å². The lowest BCUT2D eigenvalue weighted by molar-refractivity contribution is 0.227. The summed E-state index contributed by atoms with van der Waals surface area (Å²) in [4.78, 5) is 0. The lowest BCUT2D eigenvalue weighted by Gasteiger charge is -2.34. The quantitative estimate of drug-likeness (QED) is 0.498. The third kappa shape index (κ3) is 1.95. The van der Waals surface area contributed by atoms with E-state index in [4.69, 9.17) is 0 Å². The zero-order valence-electron chi connectivity index (χ0n) is 6.49. The van der Waals surface area contributed by atoms with E-state index in [1.807, 2.05) is 0 Å². The Balaban J connectivity index is 2.35. The molecule has 0 amide bonds. The standard InChI is InChI=1S/C7H16N2/c1-6-8-4-7(2,3)5-9-6/h6,8-9H,4-5H2,1-3H3. The molecule has 54 valence electrons. The highest BCUT2D eigenvalue weighted by atomic mass is 15.1. The van der Waals surface area contributed by atoms with Crippen molar-refractivity contribution >= 4 is 0 Å². The van der Waals surface area contributed by atoms with Crippen molar-refractivity contribution in [3.63, 3.8) is 0 Å². The van der Waals surface area contributed by atoms with Crippen molar-refractivity contribution < 1.29 is 0 Å². The summed E-state index contributed by atoms with van der Waals surface area (Å²) >= 11 is 0. The minimum absolute atomic E-state index is 0.437. The van der Waals surface area contributed by atoms with Crippen molar-refractivity contribution in [1.29, 1.82) is 0 Å². The molecule has 0 aliphatic carbocycles. The normalized spacial score (nSPS) is 28.3. The Bertz CT molecular complexity index is 89.1. The molecule has 2 N–H and O–H groups in total. The van der Waals surface area contributed by atoms with E-state index >= 15 is 0 Å². The predicted octanol–water partition coefficient (Wildman–Crippen LogP) is 0.551. The van der Waals surface area contributed by atoms with Crippen molar-refractivity contribution in [1.82, 2.24) is 10.6 Å². The van der Waals surface area contributed by atoms with Crippen LogP contribution in [0.1, 0.15) is 20.8 Å². The van der Waals surface area contributed by atoms with Gasteiger partial charge in [-0.05, 0) is 12.3 Å². The molecule has 2 nitrogen and oxygen atoms in total. The molecule has 0 bridgehead atoms. The Morgan fingerprint density at radius 1 is 1.22 bits per heavy atom. The first kappa shape index (κ1) is 7.03. The minimum Gasteiger partial charge on any atom is -0.302 e. The molecular weight excluding hydrogens is 112 g/mol. The largest absolute Gasteiger partial charge is 0.302 e. The summed E-state index contributed by atoms with van der Waals surface area (Å²) < 4.78 is 0. The second-order valence-corrected chi connectivity index (χ2v) is 3.65. The summed E-state index contributed by atoms with van der Waals surface area (Å²) in [6, 6.07) is 0. The van der Waals surface area contributed by atoms with Crippen LogP contribution in [0.2, 0.25) is 0 Å². The summed E-state index contributed by atoms with van der Waals surface area (Å²) in [7, 11) is 0. The van der Waals surface area contributed by atoms with Gasteiger partial charge in [-0.1, -0.05) is 13.8 Å². The molecule has 2 heteroatoms. The number of nitrogens with one attached hydrogen (secondary N) is 2. The minimum atomic E-state index is 0.437. The molecule has 1 aliphatic rings. The van der Waals surface area contributed by atoms with E-state index in [0.717, 1.165) is 13.1 Å². The molecule has 1 saturated heterocycles. The summed E-state index contributed by atoms with van der Waals surface area (Å²) in [5.74, 6) is 0. The highest BCUT2D eigenvalue weighted by Gasteiger charge is 2.22. The fourth-order valence-electron chi connectivity index (χ4n) is 0.993. The molecular formula is C7H16N2. The first-order valence-corrected chi connectivity index (χ1v) is 3.57. The van der Waals surface area contributed by atoms with Gasteiger partial charge in [0.05, 0.1) is 6.17 Å². The Labute approximate surface area is 57.0 Å². The molecule has 0 saturated carbocycles. The smallest absolute Gasteiger partial charge is 0.0542 e. The number of hydrogen-bond donors (Lipinski definition) is 2. The third-order valence-corrected chi connectivity index (χ3v) is 1.77. The van der Waals surface area contributed by atoms with E-state index in [1.165, 1.54) is 0 Å². The van der Waals surface area contributed by atoms with Crippen LogP contribution in [0, 0.1) is 5.41 Å². The second kappa shape index (κ2) is 2.27. The molecule has 0 aromatic carbocycles. The van der Waals surface area contributed by atoms with Gasteiger partial charge in [0, 0.05) is 13.1 Å². The van der Waals surface area contributed by atoms with E-state index < -0.39 is 0 Å². The SMILES string of the molecule is CC1NCC(C)(C)CN1. The Kier molecular flexibility index (Phi) is 1.78. The van der Waals surface area contributed by atoms with Crippen molar-refractivity contribution in [3.05, 3.63) is 0 Å². The van der Waals surface area contributed by atoms with Gasteiger partial charge in [-0.25, -0.2) is 0 Å². The molecule has 0 spiro atoms. The molecule has 9 heavy (non-hydrogen) atoms. The van der Waals surface area contributed by atoms with Gasteiger partial charge < -0.3 is 10.6 Å². The van der Waals surface area contributed by atoms with Crippen molar-refractivity contribution in [2.75, 3.05) is 13.1 Å². The van der Waals surface area contributed by atoms with Crippen LogP contribution in [0.4, 0.5) is 0 Å². The third-order valence-electron chi connectivity index (χ3n) is 1.77. The molecule has 1 aliphatic heterocycles. The topological polar surface area (TPSA) is 24.1 Å². The maximum absolute atomic E-state index is 3.36.